The highest BCUT2D eigenvalue weighted by Crippen LogP contribution is 2.40. The molecule has 0 unspecified atom stereocenters. The molecule has 102 valence electrons. The van der Waals surface area contributed by atoms with E-state index in [2.05, 4.69) is 4.98 Å². The molecular weight excluding hydrogens is 242 g/mol. The van der Waals surface area contributed by atoms with Gasteiger partial charge in [-0.2, -0.15) is 0 Å². The molecule has 2 heterocycles. The summed E-state index contributed by atoms with van der Waals surface area (Å²) in [6, 6.07) is 5.56. The highest BCUT2D eigenvalue weighted by molar-refractivity contribution is 5.89. The second-order valence-electron chi connectivity index (χ2n) is 5.50. The number of amides is 1. The van der Waals surface area contributed by atoms with E-state index in [4.69, 9.17) is 10.5 Å². The van der Waals surface area contributed by atoms with Gasteiger partial charge in [-0.3, -0.25) is 4.90 Å². The van der Waals surface area contributed by atoms with Gasteiger partial charge in [-0.05, 0) is 50.3 Å². The second kappa shape index (κ2) is 4.81. The Morgan fingerprint density at radius 1 is 1.42 bits per heavy atom. The fraction of sp³-hybridized carbons (Fsp3) is 0.571. The first-order valence-corrected chi connectivity index (χ1v) is 6.84. The van der Waals surface area contributed by atoms with Crippen LogP contribution in [0, 0.1) is 5.92 Å². The van der Waals surface area contributed by atoms with Gasteiger partial charge in [0.2, 0.25) is 0 Å². The van der Waals surface area contributed by atoms with Crippen LogP contribution in [0.25, 0.3) is 0 Å². The van der Waals surface area contributed by atoms with Crippen molar-refractivity contribution in [3.05, 3.63) is 24.4 Å². The summed E-state index contributed by atoms with van der Waals surface area (Å²) in [6.45, 7) is 1.34. The van der Waals surface area contributed by atoms with E-state index in [9.17, 15) is 4.79 Å². The topological polar surface area (TPSA) is 68.5 Å². The highest BCUT2D eigenvalue weighted by atomic mass is 16.6. The van der Waals surface area contributed by atoms with Crippen molar-refractivity contribution < 1.29 is 9.53 Å². The minimum Gasteiger partial charge on any atom is -0.441 e. The minimum absolute atomic E-state index is 0.273. The zero-order chi connectivity index (χ0) is 13.3. The lowest BCUT2D eigenvalue weighted by atomic mass is 9.79. The van der Waals surface area contributed by atoms with E-state index in [-0.39, 0.29) is 11.7 Å². The maximum Gasteiger partial charge on any atom is 0.416 e. The van der Waals surface area contributed by atoms with Crippen molar-refractivity contribution in [2.24, 2.45) is 11.7 Å². The number of nitrogens with two attached hydrogens (primary N) is 1. The zero-order valence-corrected chi connectivity index (χ0v) is 10.9. The average molecular weight is 261 g/mol. The van der Waals surface area contributed by atoms with E-state index >= 15 is 0 Å². The first-order chi connectivity index (χ1) is 9.22. The fourth-order valence-electron chi connectivity index (χ4n) is 3.01. The summed E-state index contributed by atoms with van der Waals surface area (Å²) in [5.41, 5.74) is 5.39. The van der Waals surface area contributed by atoms with Gasteiger partial charge in [0.25, 0.3) is 0 Å². The summed E-state index contributed by atoms with van der Waals surface area (Å²) in [4.78, 5) is 17.9. The molecule has 5 nitrogen and oxygen atoms in total. The van der Waals surface area contributed by atoms with Gasteiger partial charge in [-0.15, -0.1) is 0 Å². The van der Waals surface area contributed by atoms with Gasteiger partial charge in [-0.1, -0.05) is 6.07 Å². The Morgan fingerprint density at radius 2 is 2.21 bits per heavy atom. The van der Waals surface area contributed by atoms with Crippen LogP contribution in [-0.4, -0.2) is 29.8 Å². The molecule has 1 saturated carbocycles. The number of nitrogens with zero attached hydrogens (tertiary/aromatic N) is 2. The van der Waals surface area contributed by atoms with Crippen molar-refractivity contribution in [1.29, 1.82) is 0 Å². The van der Waals surface area contributed by atoms with Crippen LogP contribution in [0.5, 0.6) is 0 Å². The van der Waals surface area contributed by atoms with Crippen LogP contribution in [0.15, 0.2) is 24.4 Å². The van der Waals surface area contributed by atoms with Crippen molar-refractivity contribution in [2.45, 2.75) is 31.3 Å². The number of hydrogen-bond acceptors (Lipinski definition) is 4. The van der Waals surface area contributed by atoms with E-state index in [1.54, 1.807) is 11.1 Å². The van der Waals surface area contributed by atoms with Gasteiger partial charge in [-0.25, -0.2) is 9.78 Å². The van der Waals surface area contributed by atoms with E-state index in [1.807, 2.05) is 18.2 Å². The van der Waals surface area contributed by atoms with E-state index < -0.39 is 0 Å². The van der Waals surface area contributed by atoms with Crippen molar-refractivity contribution >= 4 is 11.9 Å². The third-order valence-corrected chi connectivity index (χ3v) is 4.25. The van der Waals surface area contributed by atoms with Crippen LogP contribution in [0.2, 0.25) is 0 Å². The molecule has 1 amide bonds. The molecular formula is C14H19N3O2. The number of anilines is 1. The maximum absolute atomic E-state index is 12.0. The van der Waals surface area contributed by atoms with Gasteiger partial charge < -0.3 is 10.5 Å². The smallest absolute Gasteiger partial charge is 0.416 e. The molecule has 19 heavy (non-hydrogen) atoms. The Morgan fingerprint density at radius 3 is 2.84 bits per heavy atom. The molecule has 1 aliphatic heterocycles. The van der Waals surface area contributed by atoms with Gasteiger partial charge in [0.15, 0.2) is 0 Å². The summed E-state index contributed by atoms with van der Waals surface area (Å²) in [5.74, 6) is 1.25. The second-order valence-corrected chi connectivity index (χ2v) is 5.50. The molecule has 2 aliphatic rings. The van der Waals surface area contributed by atoms with Gasteiger partial charge in [0.1, 0.15) is 11.4 Å². The molecule has 2 N–H and O–H groups in total. The molecule has 1 aromatic heterocycles. The number of aromatic nitrogens is 1. The summed E-state index contributed by atoms with van der Waals surface area (Å²) >= 11 is 0. The molecule has 0 radical (unpaired) electrons. The Balaban J connectivity index is 1.74. The maximum atomic E-state index is 12.0. The van der Waals surface area contributed by atoms with Crippen molar-refractivity contribution in [3.8, 4) is 0 Å². The molecule has 5 heteroatoms. The first-order valence-electron chi connectivity index (χ1n) is 6.84. The van der Waals surface area contributed by atoms with Crippen molar-refractivity contribution in [3.63, 3.8) is 0 Å². The SMILES string of the molecule is NCC1CCC2(CC1)CN(c1ccccn1)C(=O)O2. The molecule has 0 bridgehead atoms. The Labute approximate surface area is 112 Å². The monoisotopic (exact) mass is 261 g/mol. The van der Waals surface area contributed by atoms with Crippen LogP contribution in [0.4, 0.5) is 10.6 Å². The third-order valence-electron chi connectivity index (χ3n) is 4.25. The van der Waals surface area contributed by atoms with Crippen LogP contribution in [-0.2, 0) is 4.74 Å². The van der Waals surface area contributed by atoms with Gasteiger partial charge in [0.05, 0.1) is 6.54 Å². The largest absolute Gasteiger partial charge is 0.441 e. The van der Waals surface area contributed by atoms with Crippen LogP contribution in [0.3, 0.4) is 0 Å². The molecule has 1 spiro atoms. The summed E-state index contributed by atoms with van der Waals surface area (Å²) in [6.07, 6.45) is 5.32. The molecule has 1 saturated heterocycles. The Bertz CT molecular complexity index is 455. The first kappa shape index (κ1) is 12.4. The number of carbonyl (C=O) groups is 1. The third kappa shape index (κ3) is 2.30. The number of carbonyl (C=O) groups excluding carboxylic acids is 1. The van der Waals surface area contributed by atoms with Crippen LogP contribution >= 0.6 is 0 Å². The molecule has 1 aliphatic carbocycles. The molecule has 0 aromatic carbocycles. The predicted octanol–water partition coefficient (Wildman–Crippen LogP) is 1.93. The molecule has 0 atom stereocenters. The lowest BCUT2D eigenvalue weighted by Crippen LogP contribution is -2.39. The molecule has 2 fully saturated rings. The number of pyridine rings is 1. The quantitative estimate of drug-likeness (QED) is 0.883. The fourth-order valence-corrected chi connectivity index (χ4v) is 3.01. The molecule has 1 aromatic rings. The Hall–Kier alpha value is -1.62. The summed E-state index contributed by atoms with van der Waals surface area (Å²) in [7, 11) is 0. The predicted molar refractivity (Wildman–Crippen MR) is 71.8 cm³/mol. The van der Waals surface area contributed by atoms with Crippen molar-refractivity contribution in [2.75, 3.05) is 18.0 Å². The van der Waals surface area contributed by atoms with E-state index in [0.717, 1.165) is 32.2 Å². The zero-order valence-electron chi connectivity index (χ0n) is 10.9. The number of rotatable bonds is 2. The average Bonchev–Trinajstić information content (AvgIpc) is 2.77. The van der Waals surface area contributed by atoms with Crippen molar-refractivity contribution in [1.82, 2.24) is 4.98 Å². The lowest BCUT2D eigenvalue weighted by molar-refractivity contribution is 0.0144. The Kier molecular flexibility index (Phi) is 3.14. The van der Waals surface area contributed by atoms with Crippen LogP contribution in [0.1, 0.15) is 25.7 Å². The lowest BCUT2D eigenvalue weighted by Gasteiger charge is -2.34. The van der Waals surface area contributed by atoms with Gasteiger partial charge >= 0.3 is 6.09 Å². The van der Waals surface area contributed by atoms with Gasteiger partial charge in [0, 0.05) is 6.20 Å². The number of ether oxygens (including phenoxy) is 1. The minimum atomic E-state index is -0.319. The highest BCUT2D eigenvalue weighted by Gasteiger charge is 2.47. The van der Waals surface area contributed by atoms with E-state index in [0.29, 0.717) is 18.3 Å². The van der Waals surface area contributed by atoms with E-state index in [1.165, 1.54) is 0 Å². The standard InChI is InChI=1S/C14H19N3O2/c15-9-11-4-6-14(7-5-11)10-17(13(18)19-14)12-3-1-2-8-16-12/h1-3,8,11H,4-7,9-10,15H2. The summed E-state index contributed by atoms with van der Waals surface area (Å²) < 4.78 is 5.66. The normalized spacial score (nSPS) is 30.7. The molecule has 3 rings (SSSR count). The number of hydrogen-bond donors (Lipinski definition) is 1. The van der Waals surface area contributed by atoms with Crippen LogP contribution < -0.4 is 10.6 Å². The summed E-state index contributed by atoms with van der Waals surface area (Å²) in [5, 5.41) is 0.